The molecular formula is C50H71N8NaO21S. The van der Waals surface area contributed by atoms with Gasteiger partial charge in [-0.05, 0) is 58.4 Å². The van der Waals surface area contributed by atoms with Crippen molar-refractivity contribution >= 4 is 53.9 Å². The minimum atomic E-state index is -2.12. The summed E-state index contributed by atoms with van der Waals surface area (Å²) in [5, 5.41) is 108. The summed E-state index contributed by atoms with van der Waals surface area (Å²) in [6, 6.07) is 1.15. The molecule has 4 aliphatic heterocycles. The molecule has 4 heterocycles. The fourth-order valence-corrected chi connectivity index (χ4v) is 9.82. The molecule has 2 aromatic rings. The van der Waals surface area contributed by atoms with Gasteiger partial charge in [0, 0.05) is 50.4 Å². The number of phenols is 1. The van der Waals surface area contributed by atoms with Crippen LogP contribution in [0.2, 0.25) is 0 Å². The number of hydrogen-bond donors (Lipinski definition) is 13. The van der Waals surface area contributed by atoms with Crippen molar-refractivity contribution in [3.8, 4) is 11.5 Å². The fraction of sp³-hybridized carbons (Fsp3) is 0.620. The van der Waals surface area contributed by atoms with E-state index < -0.39 is 176 Å². The first-order chi connectivity index (χ1) is 37.8. The minimum Gasteiger partial charge on any atom is -0.691 e. The molecule has 0 unspecified atom stereocenters. The van der Waals surface area contributed by atoms with Gasteiger partial charge in [0.25, 0.3) is 12.3 Å². The normalized spacial score (nSPS) is 29.5. The number of nitrogens with zero attached hydrogens (tertiary/aromatic N) is 2. The largest absolute Gasteiger partial charge is 1.00 e. The molecule has 0 aliphatic carbocycles. The number of phenolic OH excluding ortho intramolecular Hbond substituents is 1. The van der Waals surface area contributed by atoms with Crippen LogP contribution in [-0.2, 0) is 58.8 Å². The zero-order valence-electron chi connectivity index (χ0n) is 45.5. The van der Waals surface area contributed by atoms with E-state index in [1.54, 1.807) is 0 Å². The number of fused-ring (bicyclic) bond motifs is 2. The van der Waals surface area contributed by atoms with E-state index in [2.05, 4.69) is 41.3 Å². The topological polar surface area (TPSA) is 418 Å². The molecule has 4 saturated heterocycles. The number of β-amino-alcohol motifs (C(OH)–C–C–N with tert-alkyl or cyclic N) is 1. The van der Waals surface area contributed by atoms with E-state index >= 15 is 0 Å². The molecule has 7 amide bonds. The molecule has 0 bridgehead atoms. The van der Waals surface area contributed by atoms with Crippen LogP contribution in [-0.4, -0.2) is 211 Å². The van der Waals surface area contributed by atoms with Crippen LogP contribution in [0.5, 0.6) is 11.5 Å². The van der Waals surface area contributed by atoms with E-state index in [1.807, 2.05) is 30.3 Å². The molecular weight excluding hydrogens is 1100 g/mol. The van der Waals surface area contributed by atoms with E-state index in [-0.39, 0.29) is 85.9 Å². The monoisotopic (exact) mass is 1170 g/mol. The number of amides is 7. The van der Waals surface area contributed by atoms with Crippen LogP contribution in [0.1, 0.15) is 71.3 Å². The van der Waals surface area contributed by atoms with Gasteiger partial charge in [-0.3, -0.25) is 33.8 Å². The summed E-state index contributed by atoms with van der Waals surface area (Å²) in [6.45, 7) is 6.01. The molecule has 4 aliphatic rings. The zero-order chi connectivity index (χ0) is 58.6. The molecule has 2 aromatic carbocycles. The first kappa shape index (κ1) is 66.8. The Bertz CT molecular complexity index is 2460. The number of aromatic hydroxyl groups is 1. The molecule has 31 heteroatoms. The average Bonchev–Trinajstić information content (AvgIpc) is 3.95. The van der Waals surface area contributed by atoms with Crippen LogP contribution in [0.25, 0.3) is 0 Å². The number of ether oxygens (including phenoxy) is 3. The Hall–Kier alpha value is -5.00. The molecule has 6 rings (SSSR count). The van der Waals surface area contributed by atoms with Gasteiger partial charge in [-0.15, -0.1) is 4.33 Å². The van der Waals surface area contributed by atoms with Crippen molar-refractivity contribution in [3.05, 3.63) is 59.7 Å². The van der Waals surface area contributed by atoms with Gasteiger partial charge in [0.05, 0.1) is 55.9 Å². The van der Waals surface area contributed by atoms with E-state index in [9.17, 15) is 74.6 Å². The molecule has 0 saturated carbocycles. The van der Waals surface area contributed by atoms with Gasteiger partial charge in [0.1, 0.15) is 41.9 Å². The number of rotatable bonds is 15. The predicted molar refractivity (Wildman–Crippen MR) is 273 cm³/mol. The molecule has 0 radical (unpaired) electrons. The summed E-state index contributed by atoms with van der Waals surface area (Å²) < 4.78 is 26.3. The maximum atomic E-state index is 15.0. The third-order valence-corrected chi connectivity index (χ3v) is 14.0. The number of alkyl carbamates (subject to hydrolysis) is 1. The first-order valence-corrected chi connectivity index (χ1v) is 26.5. The van der Waals surface area contributed by atoms with E-state index in [0.717, 1.165) is 34.4 Å². The third kappa shape index (κ3) is 18.5. The summed E-state index contributed by atoms with van der Waals surface area (Å²) in [5.41, 5.74) is -0.183. The average molecular weight is 1180 g/mol. The quantitative estimate of drug-likeness (QED) is 0.0259. The third-order valence-electron chi connectivity index (χ3n) is 13.6. The summed E-state index contributed by atoms with van der Waals surface area (Å²) in [5.74, 6) is -8.55. The second-order valence-corrected chi connectivity index (χ2v) is 21.5. The summed E-state index contributed by atoms with van der Waals surface area (Å²) in [4.78, 5) is 102. The van der Waals surface area contributed by atoms with Crippen molar-refractivity contribution in [1.29, 1.82) is 0 Å². The Balaban J connectivity index is 0.0000120. The molecule has 29 nitrogen and oxygen atoms in total. The van der Waals surface area contributed by atoms with Crippen molar-refractivity contribution in [2.24, 2.45) is 5.92 Å². The van der Waals surface area contributed by atoms with Gasteiger partial charge < -0.3 is 101 Å². The van der Waals surface area contributed by atoms with Crippen LogP contribution >= 0.6 is 12.3 Å². The number of hydrogen-bond acceptors (Lipinski definition) is 23. The Labute approximate surface area is 492 Å². The Morgan fingerprint density at radius 2 is 1.49 bits per heavy atom. The Kier molecular flexibility index (Phi) is 25.2. The predicted octanol–water partition coefficient (Wildman–Crippen LogP) is -7.30. The molecule has 4 fully saturated rings. The first-order valence-electron chi connectivity index (χ1n) is 25.9. The smallest absolute Gasteiger partial charge is 0.691 e. The van der Waals surface area contributed by atoms with E-state index in [0.29, 0.717) is 0 Å². The summed E-state index contributed by atoms with van der Waals surface area (Å²) in [7, 11) is 0. The van der Waals surface area contributed by atoms with Gasteiger partial charge in [-0.2, -0.15) is 0 Å². The van der Waals surface area contributed by atoms with Crippen molar-refractivity contribution < 1.29 is 132 Å². The van der Waals surface area contributed by atoms with Gasteiger partial charge in [-0.25, -0.2) is 4.79 Å². The molecule has 0 spiro atoms. The van der Waals surface area contributed by atoms with Crippen LogP contribution in [0.15, 0.2) is 48.5 Å². The standard InChI is InChI=1S/C50H72N8O21S.Na/c1-24-20-58-40(41(24)65)45(69)52-19-29(60)17-31(53-49(72)76-50(3,4)5)42(66)54-37(25(2)59)46(70)57-21-30(61)18-32(57)43(67)55-38(35(64)15-26-11-12-33(62)36(16-26)77-80-79-78-73)44(68)56-39(47(58)71)34(63)13-14-51-28-22-74-48(75-23-28)27-9-7-6-8-10-27;/h6-12,16,24-25,28-32,34-35,37-41,48,51,59-65,73H,13-15,17-23H2,1-5H3,(H,52,69)(H,53,72)(H,54,66)(H,55,67)(H,56,68);/q;+1/p-1/t24-,25+,28?,29+,30+,31-,32-,34+,35+,37-,38-,39-,40-,41-,48?;/m0./s1. The second-order valence-electron chi connectivity index (χ2n) is 21.1. The number of aliphatic hydroxyl groups is 6. The van der Waals surface area contributed by atoms with Gasteiger partial charge in [0.2, 0.25) is 35.4 Å². The number of benzene rings is 2. The maximum Gasteiger partial charge on any atom is 1.00 e. The van der Waals surface area contributed by atoms with Gasteiger partial charge in [0.15, 0.2) is 17.8 Å². The number of aliphatic hydroxyl groups excluding tert-OH is 6. The van der Waals surface area contributed by atoms with Crippen LogP contribution in [0.3, 0.4) is 0 Å². The van der Waals surface area contributed by atoms with Crippen LogP contribution in [0, 0.1) is 5.92 Å². The van der Waals surface area contributed by atoms with Crippen molar-refractivity contribution in [3.63, 3.8) is 0 Å². The van der Waals surface area contributed by atoms with Gasteiger partial charge >= 0.3 is 35.7 Å². The number of nitrogens with one attached hydrogen (secondary N) is 6. The molecule has 0 aromatic heterocycles. The maximum absolute atomic E-state index is 15.0. The van der Waals surface area contributed by atoms with E-state index in [1.165, 1.54) is 33.8 Å². The van der Waals surface area contributed by atoms with Crippen molar-refractivity contribution in [2.75, 3.05) is 39.4 Å². The fourth-order valence-electron chi connectivity index (χ4n) is 9.57. The Morgan fingerprint density at radius 1 is 0.840 bits per heavy atom. The number of carbonyl (C=O) groups excluding carboxylic acids is 7. The van der Waals surface area contributed by atoms with Crippen molar-refractivity contribution in [1.82, 2.24) is 41.7 Å². The van der Waals surface area contributed by atoms with Gasteiger partial charge in [-0.1, -0.05) is 43.3 Å². The summed E-state index contributed by atoms with van der Waals surface area (Å²) >= 11 is 0.0195. The van der Waals surface area contributed by atoms with Crippen LogP contribution in [0.4, 0.5) is 4.79 Å². The second kappa shape index (κ2) is 30.5. The van der Waals surface area contributed by atoms with Crippen molar-refractivity contribution in [2.45, 2.75) is 151 Å². The Morgan fingerprint density at radius 3 is 2.15 bits per heavy atom. The molecule has 13 atom stereocenters. The van der Waals surface area contributed by atoms with E-state index in [4.69, 9.17) is 18.4 Å². The minimum absolute atomic E-state index is 0. The number of carbonyl (C=O) groups is 7. The zero-order valence-corrected chi connectivity index (χ0v) is 48.3. The molecule has 13 N–H and O–H groups in total. The SMILES string of the molecule is C[C@@H](O)[C@@H]1NC(=O)[C@@H](NC(=O)OC(C)(C)C)C[C@@H](O)CNC(=O)[C@@H]2[C@@H](O)[C@@H](C)CN2C(=O)[C@H]([C@H](O)CCNC2COC(c3ccccc3)OC2)NC(=O)[C@H]([C@H](O)Cc2ccc(O)c(OSOO[O-])c2)NC(=O)[C@@H]2C[C@@H](O)CN2C1=O.[Na+]. The summed E-state index contributed by atoms with van der Waals surface area (Å²) in [6.07, 6.45) is -14.0. The van der Waals surface area contributed by atoms with Crippen LogP contribution < -0.4 is 70.9 Å². The molecule has 444 valence electrons. The molecule has 81 heavy (non-hydrogen) atoms.